The Balaban J connectivity index is 1.65. The lowest BCUT2D eigenvalue weighted by molar-refractivity contribution is -0.126. The van der Waals surface area contributed by atoms with Gasteiger partial charge in [0.2, 0.25) is 5.91 Å². The van der Waals surface area contributed by atoms with E-state index in [-0.39, 0.29) is 17.9 Å². The molecule has 5 heteroatoms. The Morgan fingerprint density at radius 1 is 1.42 bits per heavy atom. The zero-order chi connectivity index (χ0) is 17.1. The standard InChI is InChI=1S/C19H23NO3S/c1-4-22-16-6-7-17-14(10-16)9-15(11-23-17)19(21)20-13(3)18-8-5-12(2)24-18/h5-8,10,13,15H,4,9,11H2,1-3H3,(H,20,21). The number of hydrogen-bond acceptors (Lipinski definition) is 4. The minimum Gasteiger partial charge on any atom is -0.494 e. The molecule has 3 rings (SSSR count). The van der Waals surface area contributed by atoms with Crippen molar-refractivity contribution < 1.29 is 14.3 Å². The van der Waals surface area contributed by atoms with Crippen molar-refractivity contribution >= 4 is 17.2 Å². The van der Waals surface area contributed by atoms with Crippen LogP contribution in [0.4, 0.5) is 0 Å². The fourth-order valence-electron chi connectivity index (χ4n) is 2.88. The molecule has 2 unspecified atom stereocenters. The molecule has 1 aromatic heterocycles. The van der Waals surface area contributed by atoms with Crippen molar-refractivity contribution in [3.63, 3.8) is 0 Å². The molecule has 1 amide bonds. The molecule has 0 spiro atoms. The van der Waals surface area contributed by atoms with Gasteiger partial charge in [-0.2, -0.15) is 0 Å². The van der Waals surface area contributed by atoms with Gasteiger partial charge in [-0.05, 0) is 63.1 Å². The molecule has 2 atom stereocenters. The molecule has 0 saturated carbocycles. The number of rotatable bonds is 5. The highest BCUT2D eigenvalue weighted by atomic mass is 32.1. The fraction of sp³-hybridized carbons (Fsp3) is 0.421. The minimum atomic E-state index is -0.169. The van der Waals surface area contributed by atoms with Gasteiger partial charge in [0, 0.05) is 9.75 Å². The van der Waals surface area contributed by atoms with Gasteiger partial charge in [0.25, 0.3) is 0 Å². The zero-order valence-electron chi connectivity index (χ0n) is 14.3. The summed E-state index contributed by atoms with van der Waals surface area (Å²) >= 11 is 1.72. The van der Waals surface area contributed by atoms with E-state index in [2.05, 4.69) is 24.4 Å². The highest BCUT2D eigenvalue weighted by Gasteiger charge is 2.27. The molecule has 1 aliphatic rings. The van der Waals surface area contributed by atoms with E-state index in [9.17, 15) is 4.79 Å². The van der Waals surface area contributed by atoms with E-state index >= 15 is 0 Å². The maximum absolute atomic E-state index is 12.6. The number of benzene rings is 1. The Bertz CT molecular complexity index is 725. The average molecular weight is 345 g/mol. The average Bonchev–Trinajstić information content (AvgIpc) is 3.01. The third kappa shape index (κ3) is 3.73. The first-order chi connectivity index (χ1) is 11.6. The van der Waals surface area contributed by atoms with Crippen LogP contribution in [0.25, 0.3) is 0 Å². The second kappa shape index (κ2) is 7.26. The van der Waals surface area contributed by atoms with Gasteiger partial charge >= 0.3 is 0 Å². The van der Waals surface area contributed by atoms with Gasteiger partial charge < -0.3 is 14.8 Å². The van der Waals surface area contributed by atoms with Crippen LogP contribution >= 0.6 is 11.3 Å². The third-order valence-corrected chi connectivity index (χ3v) is 5.35. The molecule has 1 aliphatic heterocycles. The van der Waals surface area contributed by atoms with Crippen molar-refractivity contribution in [1.82, 2.24) is 5.32 Å². The summed E-state index contributed by atoms with van der Waals surface area (Å²) in [7, 11) is 0. The number of thiophene rings is 1. The number of ether oxygens (including phenoxy) is 2. The molecule has 0 saturated heterocycles. The number of carbonyl (C=O) groups excluding carboxylic acids is 1. The van der Waals surface area contributed by atoms with Crippen LogP contribution < -0.4 is 14.8 Å². The molecular formula is C19H23NO3S. The van der Waals surface area contributed by atoms with Gasteiger partial charge in [-0.3, -0.25) is 4.79 Å². The second-order valence-corrected chi connectivity index (χ2v) is 7.41. The van der Waals surface area contributed by atoms with Crippen molar-refractivity contribution in [2.75, 3.05) is 13.2 Å². The molecule has 4 nitrogen and oxygen atoms in total. The van der Waals surface area contributed by atoms with Crippen LogP contribution in [0.1, 0.15) is 35.2 Å². The Morgan fingerprint density at radius 3 is 2.96 bits per heavy atom. The highest BCUT2D eigenvalue weighted by Crippen LogP contribution is 2.31. The van der Waals surface area contributed by atoms with Crippen LogP contribution in [0, 0.1) is 12.8 Å². The van der Waals surface area contributed by atoms with Crippen LogP contribution in [0.15, 0.2) is 30.3 Å². The molecular weight excluding hydrogens is 322 g/mol. The van der Waals surface area contributed by atoms with Gasteiger partial charge in [0.15, 0.2) is 0 Å². The van der Waals surface area contributed by atoms with Crippen LogP contribution in [0.3, 0.4) is 0 Å². The molecule has 0 bridgehead atoms. The summed E-state index contributed by atoms with van der Waals surface area (Å²) < 4.78 is 11.3. The van der Waals surface area contributed by atoms with Crippen molar-refractivity contribution in [2.24, 2.45) is 5.92 Å². The first-order valence-corrected chi connectivity index (χ1v) is 9.13. The lowest BCUT2D eigenvalue weighted by Gasteiger charge is -2.26. The largest absolute Gasteiger partial charge is 0.494 e. The van der Waals surface area contributed by atoms with E-state index in [0.29, 0.717) is 19.6 Å². The lowest BCUT2D eigenvalue weighted by Crippen LogP contribution is -2.38. The van der Waals surface area contributed by atoms with Crippen molar-refractivity contribution in [3.8, 4) is 11.5 Å². The SMILES string of the molecule is CCOc1ccc2c(c1)CC(C(=O)NC(C)c1ccc(C)s1)CO2. The second-order valence-electron chi connectivity index (χ2n) is 6.09. The fourth-order valence-corrected chi connectivity index (χ4v) is 3.76. The van der Waals surface area contributed by atoms with E-state index in [4.69, 9.17) is 9.47 Å². The molecule has 24 heavy (non-hydrogen) atoms. The molecule has 1 aromatic carbocycles. The van der Waals surface area contributed by atoms with Crippen molar-refractivity contribution in [3.05, 3.63) is 45.6 Å². The maximum atomic E-state index is 12.6. The van der Waals surface area contributed by atoms with Gasteiger partial charge in [-0.25, -0.2) is 0 Å². The summed E-state index contributed by atoms with van der Waals surface area (Å²) in [4.78, 5) is 15.0. The number of aryl methyl sites for hydroxylation is 1. The van der Waals surface area contributed by atoms with Crippen LogP contribution in [0.2, 0.25) is 0 Å². The maximum Gasteiger partial charge on any atom is 0.227 e. The van der Waals surface area contributed by atoms with Crippen LogP contribution in [-0.4, -0.2) is 19.1 Å². The molecule has 0 radical (unpaired) electrons. The van der Waals surface area contributed by atoms with Gasteiger partial charge in [0.1, 0.15) is 18.1 Å². The van der Waals surface area contributed by atoms with E-state index in [0.717, 1.165) is 17.1 Å². The van der Waals surface area contributed by atoms with Gasteiger partial charge in [0.05, 0.1) is 18.6 Å². The lowest BCUT2D eigenvalue weighted by atomic mass is 9.95. The highest BCUT2D eigenvalue weighted by molar-refractivity contribution is 7.12. The Labute approximate surface area is 146 Å². The normalized spacial score (nSPS) is 17.5. The van der Waals surface area contributed by atoms with E-state index < -0.39 is 0 Å². The first-order valence-electron chi connectivity index (χ1n) is 8.32. The topological polar surface area (TPSA) is 47.6 Å². The molecule has 0 aliphatic carbocycles. The number of carbonyl (C=O) groups is 1. The number of nitrogens with one attached hydrogen (secondary N) is 1. The molecule has 0 fully saturated rings. The summed E-state index contributed by atoms with van der Waals surface area (Å²) in [5, 5.41) is 3.11. The van der Waals surface area contributed by atoms with E-state index in [1.807, 2.05) is 32.0 Å². The van der Waals surface area contributed by atoms with Gasteiger partial charge in [-0.15, -0.1) is 11.3 Å². The summed E-state index contributed by atoms with van der Waals surface area (Å²) in [6, 6.07) is 9.98. The quantitative estimate of drug-likeness (QED) is 0.894. The number of amides is 1. The summed E-state index contributed by atoms with van der Waals surface area (Å²) in [6.45, 7) is 7.10. The van der Waals surface area contributed by atoms with Crippen LogP contribution in [-0.2, 0) is 11.2 Å². The van der Waals surface area contributed by atoms with E-state index in [1.54, 1.807) is 11.3 Å². The number of fused-ring (bicyclic) bond motifs is 1. The number of hydrogen-bond donors (Lipinski definition) is 1. The smallest absolute Gasteiger partial charge is 0.227 e. The summed E-state index contributed by atoms with van der Waals surface area (Å²) in [5.74, 6) is 1.55. The molecule has 128 valence electrons. The third-order valence-electron chi connectivity index (χ3n) is 4.17. The molecule has 1 N–H and O–H groups in total. The van der Waals surface area contributed by atoms with Crippen molar-refractivity contribution in [2.45, 2.75) is 33.2 Å². The Morgan fingerprint density at radius 2 is 2.25 bits per heavy atom. The zero-order valence-corrected chi connectivity index (χ0v) is 15.1. The Kier molecular flexibility index (Phi) is 5.09. The minimum absolute atomic E-state index is 0.0207. The predicted molar refractivity (Wildman–Crippen MR) is 95.9 cm³/mol. The predicted octanol–water partition coefficient (Wildman–Crippen LogP) is 3.88. The van der Waals surface area contributed by atoms with Crippen molar-refractivity contribution in [1.29, 1.82) is 0 Å². The monoisotopic (exact) mass is 345 g/mol. The van der Waals surface area contributed by atoms with Gasteiger partial charge in [-0.1, -0.05) is 0 Å². The Hall–Kier alpha value is -2.01. The van der Waals surface area contributed by atoms with E-state index in [1.165, 1.54) is 9.75 Å². The summed E-state index contributed by atoms with van der Waals surface area (Å²) in [6.07, 6.45) is 0.679. The van der Waals surface area contributed by atoms with Crippen LogP contribution in [0.5, 0.6) is 11.5 Å². The molecule has 2 heterocycles. The molecule has 2 aromatic rings. The summed E-state index contributed by atoms with van der Waals surface area (Å²) in [5.41, 5.74) is 1.03. The first kappa shape index (κ1) is 16.8.